The van der Waals surface area contributed by atoms with Gasteiger partial charge in [0.2, 0.25) is 5.91 Å². The molecule has 0 spiro atoms. The molecule has 19 heavy (non-hydrogen) atoms. The normalized spacial score (nSPS) is 12.2. The van der Waals surface area contributed by atoms with Gasteiger partial charge in [-0.05, 0) is 32.4 Å². The van der Waals surface area contributed by atoms with Crippen LogP contribution in [0.15, 0.2) is 30.7 Å². The van der Waals surface area contributed by atoms with Gasteiger partial charge in [-0.15, -0.1) is 0 Å². The van der Waals surface area contributed by atoms with Crippen molar-refractivity contribution < 1.29 is 4.79 Å². The minimum absolute atomic E-state index is 0.0429. The standard InChI is InChI=1S/C14H18N4O/c1-10-5-4-6-16-14(10)11(2)17-13(19)9-18-8-7-15-12(18)3/h4-8,11H,9H2,1-3H3,(H,17,19)/t11-/m1/s1. The number of amides is 1. The zero-order valence-corrected chi connectivity index (χ0v) is 11.4. The van der Waals surface area contributed by atoms with Crippen molar-refractivity contribution in [2.45, 2.75) is 33.4 Å². The Hall–Kier alpha value is -2.17. The smallest absolute Gasteiger partial charge is 0.240 e. The van der Waals surface area contributed by atoms with Gasteiger partial charge in [0, 0.05) is 18.6 Å². The maximum Gasteiger partial charge on any atom is 0.240 e. The van der Waals surface area contributed by atoms with Crippen LogP contribution in [-0.4, -0.2) is 20.4 Å². The highest BCUT2D eigenvalue weighted by molar-refractivity contribution is 5.76. The van der Waals surface area contributed by atoms with Gasteiger partial charge in [0.25, 0.3) is 0 Å². The molecule has 2 rings (SSSR count). The Morgan fingerprint density at radius 3 is 2.79 bits per heavy atom. The van der Waals surface area contributed by atoms with Crippen molar-refractivity contribution >= 4 is 5.91 Å². The molecule has 0 fully saturated rings. The van der Waals surface area contributed by atoms with Crippen molar-refractivity contribution in [2.75, 3.05) is 0 Å². The molecule has 0 unspecified atom stereocenters. The third-order valence-electron chi connectivity index (χ3n) is 3.08. The predicted molar refractivity (Wildman–Crippen MR) is 72.5 cm³/mol. The summed E-state index contributed by atoms with van der Waals surface area (Å²) in [6.07, 6.45) is 5.23. The first-order valence-corrected chi connectivity index (χ1v) is 6.26. The van der Waals surface area contributed by atoms with E-state index in [2.05, 4.69) is 15.3 Å². The Bertz CT molecular complexity index is 576. The summed E-state index contributed by atoms with van der Waals surface area (Å²) < 4.78 is 1.81. The molecule has 0 bridgehead atoms. The number of nitrogens with one attached hydrogen (secondary N) is 1. The molecule has 0 aliphatic rings. The summed E-state index contributed by atoms with van der Waals surface area (Å²) in [7, 11) is 0. The summed E-state index contributed by atoms with van der Waals surface area (Å²) in [5.41, 5.74) is 1.98. The number of nitrogens with zero attached hydrogens (tertiary/aromatic N) is 3. The summed E-state index contributed by atoms with van der Waals surface area (Å²) in [5.74, 6) is 0.787. The quantitative estimate of drug-likeness (QED) is 0.909. The SMILES string of the molecule is Cc1cccnc1[C@@H](C)NC(=O)Cn1ccnc1C. The number of hydrogen-bond donors (Lipinski definition) is 1. The number of imidazole rings is 1. The highest BCUT2D eigenvalue weighted by atomic mass is 16.2. The van der Waals surface area contributed by atoms with E-state index in [-0.39, 0.29) is 18.5 Å². The number of hydrogen-bond acceptors (Lipinski definition) is 3. The molecule has 2 heterocycles. The Morgan fingerprint density at radius 1 is 1.37 bits per heavy atom. The van der Waals surface area contributed by atoms with Crippen LogP contribution in [0.1, 0.15) is 30.0 Å². The lowest BCUT2D eigenvalue weighted by molar-refractivity contribution is -0.122. The van der Waals surface area contributed by atoms with E-state index in [0.29, 0.717) is 0 Å². The Balaban J connectivity index is 2.00. The average molecular weight is 258 g/mol. The largest absolute Gasteiger partial charge is 0.346 e. The van der Waals surface area contributed by atoms with Gasteiger partial charge in [0.05, 0.1) is 11.7 Å². The minimum Gasteiger partial charge on any atom is -0.346 e. The van der Waals surface area contributed by atoms with Crippen LogP contribution in [0.2, 0.25) is 0 Å². The van der Waals surface area contributed by atoms with Crippen LogP contribution in [-0.2, 0) is 11.3 Å². The van der Waals surface area contributed by atoms with E-state index in [1.165, 1.54) is 0 Å². The molecule has 1 atom stereocenters. The summed E-state index contributed by atoms with van der Waals surface area (Å²) >= 11 is 0. The average Bonchev–Trinajstić information content (AvgIpc) is 2.75. The van der Waals surface area contributed by atoms with Crippen molar-refractivity contribution in [3.63, 3.8) is 0 Å². The van der Waals surface area contributed by atoms with Crippen molar-refractivity contribution in [3.05, 3.63) is 47.8 Å². The van der Waals surface area contributed by atoms with Gasteiger partial charge in [0.1, 0.15) is 12.4 Å². The van der Waals surface area contributed by atoms with E-state index in [1.54, 1.807) is 18.6 Å². The molecule has 2 aromatic rings. The summed E-state index contributed by atoms with van der Waals surface area (Å²) in [6, 6.07) is 3.78. The predicted octanol–water partition coefficient (Wildman–Crippen LogP) is 1.77. The van der Waals surface area contributed by atoms with E-state index in [4.69, 9.17) is 0 Å². The van der Waals surface area contributed by atoms with Gasteiger partial charge in [-0.25, -0.2) is 4.98 Å². The van der Waals surface area contributed by atoms with Crippen LogP contribution in [0.5, 0.6) is 0 Å². The minimum atomic E-state index is -0.0995. The fraction of sp³-hybridized carbons (Fsp3) is 0.357. The Kier molecular flexibility index (Phi) is 3.94. The lowest BCUT2D eigenvalue weighted by Gasteiger charge is -2.15. The second-order valence-corrected chi connectivity index (χ2v) is 4.60. The van der Waals surface area contributed by atoms with Crippen LogP contribution in [0.3, 0.4) is 0 Å². The summed E-state index contributed by atoms with van der Waals surface area (Å²) in [4.78, 5) is 20.4. The van der Waals surface area contributed by atoms with Crippen LogP contribution < -0.4 is 5.32 Å². The van der Waals surface area contributed by atoms with Crippen LogP contribution in [0.4, 0.5) is 0 Å². The number of carbonyl (C=O) groups excluding carboxylic acids is 1. The third-order valence-corrected chi connectivity index (χ3v) is 3.08. The molecule has 100 valence electrons. The second-order valence-electron chi connectivity index (χ2n) is 4.60. The zero-order chi connectivity index (χ0) is 13.8. The molecule has 0 radical (unpaired) electrons. The number of rotatable bonds is 4. The lowest BCUT2D eigenvalue weighted by atomic mass is 10.1. The van der Waals surface area contributed by atoms with Gasteiger partial charge in [0.15, 0.2) is 0 Å². The maximum absolute atomic E-state index is 12.0. The van der Waals surface area contributed by atoms with E-state index in [9.17, 15) is 4.79 Å². The van der Waals surface area contributed by atoms with Gasteiger partial charge in [-0.2, -0.15) is 0 Å². The molecule has 1 N–H and O–H groups in total. The molecular formula is C14H18N4O. The first-order valence-electron chi connectivity index (χ1n) is 6.26. The lowest BCUT2D eigenvalue weighted by Crippen LogP contribution is -2.31. The fourth-order valence-corrected chi connectivity index (χ4v) is 2.03. The van der Waals surface area contributed by atoms with Crippen LogP contribution >= 0.6 is 0 Å². The van der Waals surface area contributed by atoms with Crippen LogP contribution in [0.25, 0.3) is 0 Å². The zero-order valence-electron chi connectivity index (χ0n) is 11.4. The monoisotopic (exact) mass is 258 g/mol. The first-order chi connectivity index (χ1) is 9.08. The summed E-state index contributed by atoms with van der Waals surface area (Å²) in [5, 5.41) is 2.95. The first kappa shape index (κ1) is 13.3. The Morgan fingerprint density at radius 2 is 2.16 bits per heavy atom. The third kappa shape index (κ3) is 3.19. The molecule has 0 aliphatic heterocycles. The van der Waals surface area contributed by atoms with Gasteiger partial charge < -0.3 is 9.88 Å². The molecule has 5 nitrogen and oxygen atoms in total. The second kappa shape index (κ2) is 5.65. The highest BCUT2D eigenvalue weighted by Gasteiger charge is 2.13. The van der Waals surface area contributed by atoms with Gasteiger partial charge >= 0.3 is 0 Å². The number of aromatic nitrogens is 3. The number of aryl methyl sites for hydroxylation is 2. The van der Waals surface area contributed by atoms with Crippen molar-refractivity contribution in [1.29, 1.82) is 0 Å². The molecule has 2 aromatic heterocycles. The van der Waals surface area contributed by atoms with E-state index >= 15 is 0 Å². The van der Waals surface area contributed by atoms with E-state index in [0.717, 1.165) is 17.1 Å². The van der Waals surface area contributed by atoms with Gasteiger partial charge in [-0.1, -0.05) is 6.07 Å². The number of carbonyl (C=O) groups is 1. The van der Waals surface area contributed by atoms with E-state index in [1.807, 2.05) is 37.5 Å². The molecular weight excluding hydrogens is 240 g/mol. The number of pyridine rings is 1. The molecule has 0 saturated carbocycles. The van der Waals surface area contributed by atoms with Crippen molar-refractivity contribution in [2.24, 2.45) is 0 Å². The Labute approximate surface area is 112 Å². The van der Waals surface area contributed by atoms with Gasteiger partial charge in [-0.3, -0.25) is 9.78 Å². The van der Waals surface area contributed by atoms with E-state index < -0.39 is 0 Å². The van der Waals surface area contributed by atoms with Crippen molar-refractivity contribution in [1.82, 2.24) is 19.9 Å². The van der Waals surface area contributed by atoms with Crippen LogP contribution in [0, 0.1) is 13.8 Å². The highest BCUT2D eigenvalue weighted by Crippen LogP contribution is 2.13. The fourth-order valence-electron chi connectivity index (χ4n) is 2.03. The van der Waals surface area contributed by atoms with Crippen molar-refractivity contribution in [3.8, 4) is 0 Å². The topological polar surface area (TPSA) is 59.8 Å². The molecule has 0 saturated heterocycles. The molecule has 0 aromatic carbocycles. The molecule has 5 heteroatoms. The summed E-state index contributed by atoms with van der Waals surface area (Å²) in [6.45, 7) is 6.08. The molecule has 1 amide bonds. The maximum atomic E-state index is 12.0. The molecule has 0 aliphatic carbocycles.